The zero-order valence-electron chi connectivity index (χ0n) is 19.1. The van der Waals surface area contributed by atoms with Gasteiger partial charge in [-0.25, -0.2) is 18.4 Å². The summed E-state index contributed by atoms with van der Waals surface area (Å²) in [5, 5.41) is 4.39. The van der Waals surface area contributed by atoms with E-state index >= 15 is 0 Å². The molecule has 2 aromatic rings. The number of hydrogen-bond donors (Lipinski definition) is 0. The maximum atomic E-state index is 13.5. The van der Waals surface area contributed by atoms with Crippen molar-refractivity contribution in [2.75, 3.05) is 13.1 Å². The van der Waals surface area contributed by atoms with E-state index in [0.29, 0.717) is 44.2 Å². The first-order chi connectivity index (χ1) is 15.0. The standard InChI is InChI=1S/C23H31F2N5O2/c1-15-7-10-30(28-15)21-26-17(11-16-5-8-23(24,25)9-6-16)12-19(27-21)32-18-13-29(14-18)20(31)22(2,3)4/h7,10,12,16,18H,5-6,8-9,11,13-14H2,1-4H3. The fraction of sp³-hybridized carbons (Fsp3) is 0.652. The quantitative estimate of drug-likeness (QED) is 0.693. The van der Waals surface area contributed by atoms with E-state index in [9.17, 15) is 13.6 Å². The van der Waals surface area contributed by atoms with E-state index in [1.807, 2.05) is 33.8 Å². The molecule has 0 spiro atoms. The smallest absolute Gasteiger partial charge is 0.254 e. The Morgan fingerprint density at radius 3 is 2.50 bits per heavy atom. The van der Waals surface area contributed by atoms with Crippen LogP contribution in [-0.2, 0) is 11.2 Å². The average molecular weight is 448 g/mol. The number of ether oxygens (including phenoxy) is 1. The van der Waals surface area contributed by atoms with Gasteiger partial charge in [-0.3, -0.25) is 4.79 Å². The van der Waals surface area contributed by atoms with Crippen LogP contribution in [0, 0.1) is 18.3 Å². The summed E-state index contributed by atoms with van der Waals surface area (Å²) in [5.41, 5.74) is 1.18. The minimum atomic E-state index is -2.55. The van der Waals surface area contributed by atoms with Crippen molar-refractivity contribution in [2.24, 2.45) is 11.3 Å². The Hall–Kier alpha value is -2.58. The predicted molar refractivity (Wildman–Crippen MR) is 115 cm³/mol. The van der Waals surface area contributed by atoms with E-state index in [2.05, 4.69) is 15.1 Å². The number of halogens is 2. The molecular formula is C23H31F2N5O2. The molecule has 32 heavy (non-hydrogen) atoms. The fourth-order valence-corrected chi connectivity index (χ4v) is 4.18. The maximum Gasteiger partial charge on any atom is 0.254 e. The molecule has 4 rings (SSSR count). The van der Waals surface area contributed by atoms with Gasteiger partial charge in [0.1, 0.15) is 6.10 Å². The molecule has 1 aliphatic heterocycles. The molecular weight excluding hydrogens is 416 g/mol. The van der Waals surface area contributed by atoms with Gasteiger partial charge < -0.3 is 9.64 Å². The lowest BCUT2D eigenvalue weighted by Gasteiger charge is -2.41. The number of hydrogen-bond acceptors (Lipinski definition) is 5. The monoisotopic (exact) mass is 447 g/mol. The summed E-state index contributed by atoms with van der Waals surface area (Å²) in [6, 6.07) is 3.66. The van der Waals surface area contributed by atoms with Crippen LogP contribution in [0.5, 0.6) is 5.88 Å². The molecule has 0 atom stereocenters. The van der Waals surface area contributed by atoms with Gasteiger partial charge in [0.2, 0.25) is 17.7 Å². The minimum Gasteiger partial charge on any atom is -0.470 e. The highest BCUT2D eigenvalue weighted by Crippen LogP contribution is 2.37. The lowest BCUT2D eigenvalue weighted by molar-refractivity contribution is -0.148. The molecule has 0 unspecified atom stereocenters. The Labute approximate surface area is 187 Å². The molecule has 0 aromatic carbocycles. The van der Waals surface area contributed by atoms with Crippen molar-refractivity contribution in [3.05, 3.63) is 29.7 Å². The van der Waals surface area contributed by atoms with E-state index in [1.54, 1.807) is 21.8 Å². The highest BCUT2D eigenvalue weighted by molar-refractivity contribution is 5.82. The van der Waals surface area contributed by atoms with Gasteiger partial charge >= 0.3 is 0 Å². The SMILES string of the molecule is Cc1ccn(-c2nc(CC3CCC(F)(F)CC3)cc(OC3CN(C(=O)C(C)(C)C)C3)n2)n1. The van der Waals surface area contributed by atoms with Crippen molar-refractivity contribution in [2.45, 2.75) is 71.8 Å². The van der Waals surface area contributed by atoms with E-state index in [-0.39, 0.29) is 30.8 Å². The second-order valence-electron chi connectivity index (χ2n) is 10.1. The summed E-state index contributed by atoms with van der Waals surface area (Å²) in [7, 11) is 0. The number of nitrogens with zero attached hydrogens (tertiary/aromatic N) is 5. The van der Waals surface area contributed by atoms with Gasteiger partial charge in [-0.15, -0.1) is 0 Å². The van der Waals surface area contributed by atoms with Gasteiger partial charge in [0, 0.05) is 30.5 Å². The van der Waals surface area contributed by atoms with Crippen molar-refractivity contribution in [3.8, 4) is 11.8 Å². The largest absolute Gasteiger partial charge is 0.470 e. The van der Waals surface area contributed by atoms with E-state index < -0.39 is 11.3 Å². The number of aryl methyl sites for hydroxylation is 1. The first-order valence-corrected chi connectivity index (χ1v) is 11.2. The molecule has 2 fully saturated rings. The van der Waals surface area contributed by atoms with Crippen LogP contribution in [-0.4, -0.2) is 55.7 Å². The van der Waals surface area contributed by atoms with E-state index in [1.165, 1.54) is 0 Å². The summed E-state index contributed by atoms with van der Waals surface area (Å²) < 4.78 is 34.7. The maximum absolute atomic E-state index is 13.5. The molecule has 7 nitrogen and oxygen atoms in total. The summed E-state index contributed by atoms with van der Waals surface area (Å²) in [4.78, 5) is 23.3. The molecule has 9 heteroatoms. The first-order valence-electron chi connectivity index (χ1n) is 11.2. The second-order valence-corrected chi connectivity index (χ2v) is 10.1. The molecule has 0 bridgehead atoms. The highest BCUT2D eigenvalue weighted by Gasteiger charge is 2.38. The van der Waals surface area contributed by atoms with Crippen LogP contribution in [0.15, 0.2) is 18.3 Å². The van der Waals surface area contributed by atoms with Crippen LogP contribution < -0.4 is 4.74 Å². The number of carbonyl (C=O) groups is 1. The molecule has 2 aliphatic rings. The Kier molecular flexibility index (Phi) is 5.94. The topological polar surface area (TPSA) is 73.1 Å². The van der Waals surface area contributed by atoms with Crippen molar-refractivity contribution in [1.82, 2.24) is 24.6 Å². The van der Waals surface area contributed by atoms with Crippen molar-refractivity contribution < 1.29 is 18.3 Å². The third kappa shape index (κ3) is 5.24. The van der Waals surface area contributed by atoms with Gasteiger partial charge in [-0.1, -0.05) is 20.8 Å². The second kappa shape index (κ2) is 8.41. The first kappa shape index (κ1) is 22.6. The number of rotatable bonds is 5. The van der Waals surface area contributed by atoms with Gasteiger partial charge in [-0.2, -0.15) is 10.1 Å². The van der Waals surface area contributed by atoms with Crippen molar-refractivity contribution in [1.29, 1.82) is 0 Å². The molecule has 2 aromatic heterocycles. The number of amides is 1. The Morgan fingerprint density at radius 1 is 1.22 bits per heavy atom. The van der Waals surface area contributed by atoms with Crippen LogP contribution in [0.1, 0.15) is 57.8 Å². The molecule has 1 saturated carbocycles. The molecule has 1 saturated heterocycles. The Bertz CT molecular complexity index is 969. The number of carbonyl (C=O) groups excluding carboxylic acids is 1. The van der Waals surface area contributed by atoms with Crippen LogP contribution in [0.4, 0.5) is 8.78 Å². The minimum absolute atomic E-state index is 0.0724. The normalized spacial score (nSPS) is 19.6. The van der Waals surface area contributed by atoms with E-state index in [0.717, 1.165) is 11.4 Å². The third-order valence-corrected chi connectivity index (χ3v) is 6.07. The molecule has 1 aliphatic carbocycles. The van der Waals surface area contributed by atoms with E-state index in [4.69, 9.17) is 4.74 Å². The van der Waals surface area contributed by atoms with Crippen LogP contribution in [0.2, 0.25) is 0 Å². The number of aromatic nitrogens is 4. The molecule has 3 heterocycles. The predicted octanol–water partition coefficient (Wildman–Crippen LogP) is 3.97. The van der Waals surface area contributed by atoms with Gasteiger partial charge in [0.15, 0.2) is 0 Å². The van der Waals surface area contributed by atoms with Gasteiger partial charge in [0.25, 0.3) is 5.95 Å². The molecule has 174 valence electrons. The molecule has 0 radical (unpaired) electrons. The summed E-state index contributed by atoms with van der Waals surface area (Å²) in [5.74, 6) is -1.47. The van der Waals surface area contributed by atoms with Crippen molar-refractivity contribution in [3.63, 3.8) is 0 Å². The zero-order chi connectivity index (χ0) is 23.1. The van der Waals surface area contributed by atoms with Crippen LogP contribution in [0.3, 0.4) is 0 Å². The Morgan fingerprint density at radius 2 is 1.91 bits per heavy atom. The van der Waals surface area contributed by atoms with Gasteiger partial charge in [-0.05, 0) is 38.2 Å². The lowest BCUT2D eigenvalue weighted by Crippen LogP contribution is -2.58. The summed E-state index contributed by atoms with van der Waals surface area (Å²) in [6.07, 6.45) is 3.07. The average Bonchev–Trinajstić information content (AvgIpc) is 3.11. The Balaban J connectivity index is 1.48. The summed E-state index contributed by atoms with van der Waals surface area (Å²) in [6.45, 7) is 8.63. The number of likely N-dealkylation sites (tertiary alicyclic amines) is 1. The molecule has 0 N–H and O–H groups in total. The van der Waals surface area contributed by atoms with Crippen LogP contribution >= 0.6 is 0 Å². The fourth-order valence-electron chi connectivity index (χ4n) is 4.18. The van der Waals surface area contributed by atoms with Gasteiger partial charge in [0.05, 0.1) is 24.5 Å². The lowest BCUT2D eigenvalue weighted by atomic mass is 9.84. The highest BCUT2D eigenvalue weighted by atomic mass is 19.3. The number of alkyl halides is 2. The zero-order valence-corrected chi connectivity index (χ0v) is 19.1. The van der Waals surface area contributed by atoms with Crippen LogP contribution in [0.25, 0.3) is 5.95 Å². The van der Waals surface area contributed by atoms with Crippen molar-refractivity contribution >= 4 is 5.91 Å². The molecule has 1 amide bonds. The summed E-state index contributed by atoms with van der Waals surface area (Å²) >= 11 is 0. The third-order valence-electron chi connectivity index (χ3n) is 6.07.